The number of likely N-dealkylation sites (N-methyl/N-ethyl adjacent to an activating group) is 6. The first-order valence-corrected chi connectivity index (χ1v) is 17.4. The summed E-state index contributed by atoms with van der Waals surface area (Å²) in [4.78, 5) is 21.2. The van der Waals surface area contributed by atoms with E-state index in [-0.39, 0.29) is 45.2 Å². The maximum absolute atomic E-state index is 6.48. The Morgan fingerprint density at radius 1 is 0.420 bits per heavy atom. The van der Waals surface area contributed by atoms with E-state index in [0.717, 1.165) is 78.5 Å². The Bertz CT molecular complexity index is 1100. The zero-order valence-electron chi connectivity index (χ0n) is 33.3. The molecule has 0 amide bonds. The largest absolute Gasteiger partial charge is 1.00 e. The zero-order valence-corrected chi connectivity index (χ0v) is 35.2. The average molecular weight is 788 g/mol. The van der Waals surface area contributed by atoms with Crippen LogP contribution in [-0.2, 0) is 60.3 Å². The van der Waals surface area contributed by atoms with Crippen molar-refractivity contribution in [3.63, 3.8) is 0 Å². The van der Waals surface area contributed by atoms with Crippen molar-refractivity contribution in [1.82, 2.24) is 29.4 Å². The minimum Gasteiger partial charge on any atom is -0.311 e. The Balaban J connectivity index is 0. The van der Waals surface area contributed by atoms with E-state index in [9.17, 15) is 0 Å². The summed E-state index contributed by atoms with van der Waals surface area (Å²) in [6.45, 7) is 36.9. The molecule has 0 saturated carbocycles. The van der Waals surface area contributed by atoms with Gasteiger partial charge in [0.2, 0.25) is 11.1 Å². The second-order valence-corrected chi connectivity index (χ2v) is 15.8. The Morgan fingerprint density at radius 2 is 0.600 bits per heavy atom. The molecule has 0 N–H and O–H groups in total. The second kappa shape index (κ2) is 26.1. The smallest absolute Gasteiger partial charge is 0.311 e. The number of rotatable bonds is 0. The van der Waals surface area contributed by atoms with E-state index in [1.165, 1.54) is 22.3 Å². The van der Waals surface area contributed by atoms with E-state index in [4.69, 9.17) is 13.1 Å². The maximum Gasteiger partial charge on any atom is 1.00 e. The summed E-state index contributed by atoms with van der Waals surface area (Å²) >= 11 is 0. The molecular formula is C40H68Cu2N8+2. The van der Waals surface area contributed by atoms with Crippen LogP contribution in [0.2, 0.25) is 0 Å². The average Bonchev–Trinajstić information content (AvgIpc) is 3.00. The van der Waals surface area contributed by atoms with Crippen molar-refractivity contribution in [3.05, 3.63) is 93.6 Å². The fourth-order valence-electron chi connectivity index (χ4n) is 4.80. The molecule has 0 fully saturated rings. The van der Waals surface area contributed by atoms with Crippen molar-refractivity contribution in [2.24, 2.45) is 0 Å². The third-order valence-corrected chi connectivity index (χ3v) is 7.92. The van der Waals surface area contributed by atoms with Crippen molar-refractivity contribution >= 4 is 0 Å². The number of hydrogen-bond donors (Lipinski definition) is 0. The van der Waals surface area contributed by atoms with Crippen LogP contribution >= 0.6 is 0 Å². The predicted molar refractivity (Wildman–Crippen MR) is 206 cm³/mol. The van der Waals surface area contributed by atoms with Gasteiger partial charge in [-0.1, -0.05) is 48.5 Å². The van der Waals surface area contributed by atoms with E-state index in [1.807, 2.05) is 41.5 Å². The van der Waals surface area contributed by atoms with Gasteiger partial charge in [-0.2, -0.15) is 0 Å². The van der Waals surface area contributed by atoms with Crippen LogP contribution < -0.4 is 0 Å². The van der Waals surface area contributed by atoms with Gasteiger partial charge in [-0.15, -0.1) is 0 Å². The van der Waals surface area contributed by atoms with Crippen LogP contribution in [0.3, 0.4) is 0 Å². The standard InChI is InChI=1S/C30H50N6.2C5H9N.2Cu/c1-31-13-17-33(3)23-27-9-7-11-29(21-27)25-35(5)19-15-32(2)16-20-36(6)26-30-12-8-10-28(22-30)24-34(4)18-14-31;2*1-5(2,3)6-4;;/h7-12,21-22H,13-20,23-26H2,1-6H3;2*1-3H3;;/q;;;2*+1. The molecule has 0 spiro atoms. The van der Waals surface area contributed by atoms with Crippen molar-refractivity contribution in [1.29, 1.82) is 0 Å². The molecule has 0 atom stereocenters. The van der Waals surface area contributed by atoms with Crippen molar-refractivity contribution < 1.29 is 34.1 Å². The van der Waals surface area contributed by atoms with E-state index in [0.29, 0.717) is 0 Å². The molecule has 50 heavy (non-hydrogen) atoms. The fraction of sp³-hybridized carbons (Fsp3) is 0.650. The topological polar surface area (TPSA) is 28.2 Å². The summed E-state index contributed by atoms with van der Waals surface area (Å²) in [7, 11) is 13.4. The van der Waals surface area contributed by atoms with Gasteiger partial charge in [-0.05, 0) is 64.5 Å². The number of nitrogens with zero attached hydrogens (tertiary/aromatic N) is 8. The molecular weight excluding hydrogens is 720 g/mol. The van der Waals surface area contributed by atoms with Crippen LogP contribution in [0.4, 0.5) is 0 Å². The minimum atomic E-state index is -0.167. The van der Waals surface area contributed by atoms with Crippen LogP contribution in [0.5, 0.6) is 0 Å². The molecule has 0 saturated heterocycles. The fourth-order valence-corrected chi connectivity index (χ4v) is 4.80. The summed E-state index contributed by atoms with van der Waals surface area (Å²) in [6, 6.07) is 18.3. The SMILES string of the molecule is CN1CCN(C)Cc2cccc(c2)CN(C)CCN(C)CCN(C)Cc2cccc(c2)CN(C)CC1.[C-]#[N+]C(C)(C)C.[C-]#[N+]C(C)(C)C.[Cu+].[Cu+]. The Morgan fingerprint density at radius 3 is 0.780 bits per heavy atom. The first-order chi connectivity index (χ1) is 22.4. The maximum atomic E-state index is 6.48. The van der Waals surface area contributed by atoms with Gasteiger partial charge in [0.1, 0.15) is 0 Å². The number of hydrogen-bond acceptors (Lipinski definition) is 6. The predicted octanol–water partition coefficient (Wildman–Crippen LogP) is 6.39. The van der Waals surface area contributed by atoms with E-state index in [2.05, 4.69) is 130 Å². The summed E-state index contributed by atoms with van der Waals surface area (Å²) < 4.78 is 0. The van der Waals surface area contributed by atoms with Crippen LogP contribution in [0.1, 0.15) is 63.8 Å². The first-order valence-electron chi connectivity index (χ1n) is 17.4. The van der Waals surface area contributed by atoms with Gasteiger partial charge in [0, 0.05) is 120 Å². The van der Waals surface area contributed by atoms with E-state index < -0.39 is 0 Å². The minimum absolute atomic E-state index is 0. The summed E-state index contributed by atoms with van der Waals surface area (Å²) in [5.74, 6) is 0. The van der Waals surface area contributed by atoms with Gasteiger partial charge < -0.3 is 39.1 Å². The van der Waals surface area contributed by atoms with Gasteiger partial charge in [0.15, 0.2) is 0 Å². The molecule has 2 aromatic carbocycles. The Labute approximate surface area is 329 Å². The molecule has 0 aliphatic carbocycles. The van der Waals surface area contributed by atoms with Crippen LogP contribution in [-0.4, -0.2) is 135 Å². The molecule has 0 aromatic heterocycles. The molecule has 1 aliphatic heterocycles. The van der Waals surface area contributed by atoms with Gasteiger partial charge >= 0.3 is 34.1 Å². The van der Waals surface area contributed by atoms with Crippen LogP contribution in [0.15, 0.2) is 48.5 Å². The number of benzene rings is 2. The molecule has 0 unspecified atom stereocenters. The number of fused-ring (bicyclic) bond motifs is 4. The van der Waals surface area contributed by atoms with E-state index >= 15 is 0 Å². The molecule has 8 nitrogen and oxygen atoms in total. The Hall–Kier alpha value is -1.78. The van der Waals surface area contributed by atoms with Gasteiger partial charge in [-0.3, -0.25) is 0 Å². The van der Waals surface area contributed by atoms with Crippen LogP contribution in [0, 0.1) is 13.1 Å². The van der Waals surface area contributed by atoms with Gasteiger partial charge in [0.25, 0.3) is 0 Å². The summed E-state index contributed by atoms with van der Waals surface area (Å²) in [5, 5.41) is 0. The molecule has 0 radical (unpaired) electrons. The van der Waals surface area contributed by atoms with Gasteiger partial charge in [-0.25, -0.2) is 13.1 Å². The van der Waals surface area contributed by atoms with E-state index in [1.54, 1.807) is 0 Å². The molecule has 3 rings (SSSR count). The zero-order chi connectivity index (χ0) is 36.3. The van der Waals surface area contributed by atoms with Crippen molar-refractivity contribution in [2.75, 3.05) is 94.6 Å². The van der Waals surface area contributed by atoms with Crippen LogP contribution in [0.25, 0.3) is 9.69 Å². The molecule has 10 heteroatoms. The second-order valence-electron chi connectivity index (χ2n) is 15.8. The molecule has 4 bridgehead atoms. The molecule has 1 aliphatic rings. The Kier molecular flexibility index (Phi) is 26.2. The molecule has 288 valence electrons. The third kappa shape index (κ3) is 26.1. The quantitative estimate of drug-likeness (QED) is 0.227. The monoisotopic (exact) mass is 786 g/mol. The third-order valence-electron chi connectivity index (χ3n) is 7.92. The molecule has 2 aromatic rings. The molecule has 1 heterocycles. The summed E-state index contributed by atoms with van der Waals surface area (Å²) in [5.41, 5.74) is 5.29. The normalized spacial score (nSPS) is 17.8. The van der Waals surface area contributed by atoms with Crippen molar-refractivity contribution in [2.45, 2.75) is 78.8 Å². The van der Waals surface area contributed by atoms with Crippen molar-refractivity contribution in [3.8, 4) is 0 Å². The summed E-state index contributed by atoms with van der Waals surface area (Å²) in [6.07, 6.45) is 0. The first kappa shape index (κ1) is 50.3. The van der Waals surface area contributed by atoms with Gasteiger partial charge in [0.05, 0.1) is 0 Å².